The Bertz CT molecular complexity index is 871. The lowest BCUT2D eigenvalue weighted by Gasteiger charge is -2.26. The summed E-state index contributed by atoms with van der Waals surface area (Å²) >= 11 is 1.69. The first kappa shape index (κ1) is 16.9. The van der Waals surface area contributed by atoms with Crippen molar-refractivity contribution in [2.75, 3.05) is 0 Å². The summed E-state index contributed by atoms with van der Waals surface area (Å²) in [6, 6.07) is 11.9. The number of aromatic nitrogens is 2. The molecule has 0 aliphatic heterocycles. The Morgan fingerprint density at radius 1 is 1.12 bits per heavy atom. The fraction of sp³-hybridized carbons (Fsp3) is 0.286. The maximum Gasteiger partial charge on any atom is 0.231 e. The molecule has 3 aromatic heterocycles. The molecule has 1 saturated carbocycles. The number of carbonyl (C=O) groups excluding carboxylic acids is 1. The van der Waals surface area contributed by atoms with E-state index in [1.54, 1.807) is 29.9 Å². The molecule has 0 saturated heterocycles. The van der Waals surface area contributed by atoms with Crippen molar-refractivity contribution in [3.8, 4) is 11.3 Å². The van der Waals surface area contributed by atoms with E-state index in [9.17, 15) is 4.79 Å². The third kappa shape index (κ3) is 3.15. The summed E-state index contributed by atoms with van der Waals surface area (Å²) in [7, 11) is 0. The van der Waals surface area contributed by atoms with Gasteiger partial charge in [-0.2, -0.15) is 0 Å². The van der Waals surface area contributed by atoms with E-state index in [-0.39, 0.29) is 11.3 Å². The Hall–Kier alpha value is -2.53. The second-order valence-electron chi connectivity index (χ2n) is 6.70. The van der Waals surface area contributed by atoms with Gasteiger partial charge in [-0.05, 0) is 48.1 Å². The maximum absolute atomic E-state index is 13.1. The van der Waals surface area contributed by atoms with Gasteiger partial charge in [-0.15, -0.1) is 11.3 Å². The van der Waals surface area contributed by atoms with Crippen LogP contribution in [0.4, 0.5) is 0 Å². The number of hydrogen-bond donors (Lipinski definition) is 1. The van der Waals surface area contributed by atoms with Gasteiger partial charge in [0.1, 0.15) is 0 Å². The highest BCUT2D eigenvalue weighted by Crippen LogP contribution is 2.43. The third-order valence-electron chi connectivity index (χ3n) is 5.15. The summed E-state index contributed by atoms with van der Waals surface area (Å²) in [5, 5.41) is 5.25. The van der Waals surface area contributed by atoms with Crippen molar-refractivity contribution in [3.63, 3.8) is 0 Å². The van der Waals surface area contributed by atoms with Crippen LogP contribution in [0.1, 0.15) is 36.1 Å². The van der Waals surface area contributed by atoms with Gasteiger partial charge in [0.05, 0.1) is 11.1 Å². The lowest BCUT2D eigenvalue weighted by atomic mass is 9.83. The van der Waals surface area contributed by atoms with Crippen molar-refractivity contribution in [1.29, 1.82) is 0 Å². The van der Waals surface area contributed by atoms with E-state index in [2.05, 4.69) is 26.7 Å². The highest BCUT2D eigenvalue weighted by molar-refractivity contribution is 7.10. The number of nitrogens with one attached hydrogen (secondary N) is 1. The summed E-state index contributed by atoms with van der Waals surface area (Å²) in [6.45, 7) is 0.476. The number of pyridine rings is 2. The summed E-state index contributed by atoms with van der Waals surface area (Å²) in [5.74, 6) is 0.137. The fourth-order valence-corrected chi connectivity index (χ4v) is 4.79. The third-order valence-corrected chi connectivity index (χ3v) is 6.22. The zero-order valence-electron chi connectivity index (χ0n) is 14.5. The van der Waals surface area contributed by atoms with Gasteiger partial charge in [-0.1, -0.05) is 25.0 Å². The van der Waals surface area contributed by atoms with Gasteiger partial charge >= 0.3 is 0 Å². The van der Waals surface area contributed by atoms with Crippen molar-refractivity contribution in [3.05, 3.63) is 70.8 Å². The highest BCUT2D eigenvalue weighted by atomic mass is 32.1. The molecular formula is C21H21N3OS. The zero-order chi connectivity index (χ0) is 17.8. The first-order valence-corrected chi connectivity index (χ1v) is 9.84. The molecule has 0 radical (unpaired) electrons. The van der Waals surface area contributed by atoms with E-state index in [0.717, 1.165) is 42.5 Å². The van der Waals surface area contributed by atoms with Crippen molar-refractivity contribution >= 4 is 17.2 Å². The van der Waals surface area contributed by atoms with Gasteiger partial charge in [0.2, 0.25) is 5.91 Å². The normalized spacial score (nSPS) is 15.7. The Kier molecular flexibility index (Phi) is 4.80. The first-order chi connectivity index (χ1) is 12.8. The molecule has 1 aliphatic rings. The molecule has 132 valence electrons. The number of amides is 1. The quantitative estimate of drug-likeness (QED) is 0.734. The topological polar surface area (TPSA) is 54.9 Å². The van der Waals surface area contributed by atoms with E-state index in [1.807, 2.05) is 30.3 Å². The summed E-state index contributed by atoms with van der Waals surface area (Å²) in [5.41, 5.74) is 2.49. The Labute approximate surface area is 157 Å². The Balaban J connectivity index is 1.55. The molecule has 0 atom stereocenters. The molecule has 4 rings (SSSR count). The van der Waals surface area contributed by atoms with Crippen LogP contribution in [0.25, 0.3) is 11.3 Å². The van der Waals surface area contributed by atoms with Crippen LogP contribution in [0.5, 0.6) is 0 Å². The average molecular weight is 363 g/mol. The number of rotatable bonds is 5. The van der Waals surface area contributed by atoms with Gasteiger partial charge in [0.15, 0.2) is 0 Å². The molecule has 3 aromatic rings. The Morgan fingerprint density at radius 3 is 2.69 bits per heavy atom. The predicted octanol–water partition coefficient (Wildman–Crippen LogP) is 4.33. The molecule has 0 spiro atoms. The van der Waals surface area contributed by atoms with Crippen LogP contribution >= 0.6 is 11.3 Å². The van der Waals surface area contributed by atoms with Gasteiger partial charge in [-0.25, -0.2) is 0 Å². The lowest BCUT2D eigenvalue weighted by molar-refractivity contribution is -0.126. The van der Waals surface area contributed by atoms with Crippen molar-refractivity contribution < 1.29 is 4.79 Å². The second kappa shape index (κ2) is 7.38. The first-order valence-electron chi connectivity index (χ1n) is 8.96. The van der Waals surface area contributed by atoms with E-state index in [1.165, 1.54) is 4.88 Å². The van der Waals surface area contributed by atoms with Crippen LogP contribution in [0.15, 0.2) is 60.4 Å². The Morgan fingerprint density at radius 2 is 1.96 bits per heavy atom. The van der Waals surface area contributed by atoms with Gasteiger partial charge in [0.25, 0.3) is 0 Å². The number of hydrogen-bond acceptors (Lipinski definition) is 4. The highest BCUT2D eigenvalue weighted by Gasteiger charge is 2.43. The van der Waals surface area contributed by atoms with Gasteiger partial charge < -0.3 is 5.32 Å². The van der Waals surface area contributed by atoms with Crippen molar-refractivity contribution in [1.82, 2.24) is 15.3 Å². The van der Waals surface area contributed by atoms with Crippen LogP contribution in [-0.2, 0) is 16.8 Å². The van der Waals surface area contributed by atoms with Crippen LogP contribution in [-0.4, -0.2) is 15.9 Å². The molecule has 4 nitrogen and oxygen atoms in total. The predicted molar refractivity (Wildman–Crippen MR) is 104 cm³/mol. The molecule has 1 aliphatic carbocycles. The van der Waals surface area contributed by atoms with Gasteiger partial charge in [0, 0.05) is 35.6 Å². The molecule has 1 fully saturated rings. The van der Waals surface area contributed by atoms with E-state index in [4.69, 9.17) is 0 Å². The van der Waals surface area contributed by atoms with Crippen molar-refractivity contribution in [2.45, 2.75) is 37.6 Å². The zero-order valence-corrected chi connectivity index (χ0v) is 15.3. The molecule has 1 N–H and O–H groups in total. The lowest BCUT2D eigenvalue weighted by Crippen LogP contribution is -2.41. The molecular weight excluding hydrogens is 342 g/mol. The number of carbonyl (C=O) groups is 1. The smallest absolute Gasteiger partial charge is 0.231 e. The van der Waals surface area contributed by atoms with Crippen molar-refractivity contribution in [2.24, 2.45) is 0 Å². The molecule has 26 heavy (non-hydrogen) atoms. The number of nitrogens with zero attached hydrogens (tertiary/aromatic N) is 2. The van der Waals surface area contributed by atoms with E-state index in [0.29, 0.717) is 6.54 Å². The maximum atomic E-state index is 13.1. The molecule has 0 aromatic carbocycles. The minimum Gasteiger partial charge on any atom is -0.351 e. The molecule has 3 heterocycles. The second-order valence-corrected chi connectivity index (χ2v) is 7.65. The summed E-state index contributed by atoms with van der Waals surface area (Å²) < 4.78 is 0. The number of thiophene rings is 1. The van der Waals surface area contributed by atoms with E-state index >= 15 is 0 Å². The summed E-state index contributed by atoms with van der Waals surface area (Å²) in [6.07, 6.45) is 9.41. The van der Waals surface area contributed by atoms with E-state index < -0.39 is 0 Å². The van der Waals surface area contributed by atoms with Crippen LogP contribution < -0.4 is 5.32 Å². The minimum absolute atomic E-state index is 0.137. The monoisotopic (exact) mass is 363 g/mol. The van der Waals surface area contributed by atoms with Gasteiger partial charge in [-0.3, -0.25) is 14.8 Å². The fourth-order valence-electron chi connectivity index (χ4n) is 3.80. The minimum atomic E-state index is -0.356. The average Bonchev–Trinajstić information content (AvgIpc) is 3.39. The largest absolute Gasteiger partial charge is 0.351 e. The van der Waals surface area contributed by atoms with Crippen LogP contribution in [0.3, 0.4) is 0 Å². The molecule has 0 unspecified atom stereocenters. The van der Waals surface area contributed by atoms with Crippen LogP contribution in [0, 0.1) is 0 Å². The standard InChI is InChI=1S/C21H21N3OS/c25-20(21(9-1-2-10-21)18-8-5-13-26-18)24-15-17-7-4-12-23-19(17)16-6-3-11-22-14-16/h3-8,11-14H,1-2,9-10,15H2,(H,24,25). The summed E-state index contributed by atoms with van der Waals surface area (Å²) in [4.78, 5) is 23.0. The molecule has 0 bridgehead atoms. The van der Waals surface area contributed by atoms with Crippen LogP contribution in [0.2, 0.25) is 0 Å². The molecule has 5 heteroatoms. The molecule has 1 amide bonds. The SMILES string of the molecule is O=C(NCc1cccnc1-c1cccnc1)C1(c2cccs2)CCCC1.